The maximum atomic E-state index is 11.1. The molecule has 0 spiro atoms. The van der Waals surface area contributed by atoms with Crippen LogP contribution in [0.5, 0.6) is 0 Å². The molecule has 5 heteroatoms. The zero-order valence-electron chi connectivity index (χ0n) is 9.54. The Labute approximate surface area is 97.5 Å². The van der Waals surface area contributed by atoms with E-state index in [1.807, 2.05) is 13.8 Å². The van der Waals surface area contributed by atoms with Crippen LogP contribution in [0.25, 0.3) is 0 Å². The van der Waals surface area contributed by atoms with Crippen LogP contribution in [0.3, 0.4) is 0 Å². The Bertz CT molecular complexity index is 133. The predicted molar refractivity (Wildman–Crippen MR) is 54.0 cm³/mol. The van der Waals surface area contributed by atoms with Gasteiger partial charge in [-0.25, -0.2) is 4.79 Å². The van der Waals surface area contributed by atoms with E-state index in [9.17, 15) is 4.79 Å². The zero-order chi connectivity index (χ0) is 10.1. The van der Waals surface area contributed by atoms with Gasteiger partial charge in [0.1, 0.15) is 0 Å². The monoisotopic (exact) mass is 197 g/mol. The van der Waals surface area contributed by atoms with Gasteiger partial charge < -0.3 is 14.2 Å². The van der Waals surface area contributed by atoms with E-state index in [1.54, 1.807) is 0 Å². The van der Waals surface area contributed by atoms with Crippen molar-refractivity contribution in [2.24, 2.45) is 0 Å². The molecular formula is C9H18LiO4. The molecule has 79 valence electrons. The molecular weight excluding hydrogens is 179 g/mol. The first kappa shape index (κ1) is 16.4. The maximum Gasteiger partial charge on any atom is 0.363 e. The average Bonchev–Trinajstić information content (AvgIpc) is 2.17. The fraction of sp³-hybridized carbons (Fsp3) is 0.889. The summed E-state index contributed by atoms with van der Waals surface area (Å²) in [5.74, 6) is -0.470. The van der Waals surface area contributed by atoms with E-state index in [0.717, 1.165) is 12.8 Å². The molecule has 0 saturated heterocycles. The molecule has 0 aromatic rings. The Morgan fingerprint density at radius 2 is 1.57 bits per heavy atom. The number of methoxy groups -OCH3 is 1. The molecule has 0 unspecified atom stereocenters. The first-order valence-corrected chi connectivity index (χ1v) is 4.57. The van der Waals surface area contributed by atoms with Crippen molar-refractivity contribution < 1.29 is 19.0 Å². The van der Waals surface area contributed by atoms with E-state index in [0.29, 0.717) is 13.2 Å². The molecule has 14 heavy (non-hydrogen) atoms. The van der Waals surface area contributed by atoms with Crippen LogP contribution >= 0.6 is 0 Å². The normalized spacial score (nSPS) is 9.71. The van der Waals surface area contributed by atoms with Crippen LogP contribution in [-0.4, -0.2) is 51.4 Å². The second-order valence-electron chi connectivity index (χ2n) is 2.60. The van der Waals surface area contributed by atoms with E-state index in [-0.39, 0.29) is 18.9 Å². The number of ether oxygens (including phenoxy) is 3. The minimum absolute atomic E-state index is 0. The number of esters is 1. The van der Waals surface area contributed by atoms with Gasteiger partial charge in [0.2, 0.25) is 0 Å². The Morgan fingerprint density at radius 1 is 1.14 bits per heavy atom. The summed E-state index contributed by atoms with van der Waals surface area (Å²) in [5.41, 5.74) is 0. The first-order valence-electron chi connectivity index (χ1n) is 4.57. The second-order valence-corrected chi connectivity index (χ2v) is 2.60. The van der Waals surface area contributed by atoms with E-state index < -0.39 is 12.3 Å². The van der Waals surface area contributed by atoms with Crippen LogP contribution in [0.2, 0.25) is 0 Å². The largest absolute Gasteiger partial charge is 0.465 e. The van der Waals surface area contributed by atoms with Gasteiger partial charge in [0.25, 0.3) is 6.29 Å². The van der Waals surface area contributed by atoms with Crippen molar-refractivity contribution in [3.05, 3.63) is 0 Å². The first-order chi connectivity index (χ1) is 6.26. The number of hydrogen-bond donors (Lipinski definition) is 0. The summed E-state index contributed by atoms with van der Waals surface area (Å²) in [5, 5.41) is 0. The van der Waals surface area contributed by atoms with Gasteiger partial charge in [-0.15, -0.1) is 0 Å². The van der Waals surface area contributed by atoms with Crippen LogP contribution in [-0.2, 0) is 19.0 Å². The van der Waals surface area contributed by atoms with Gasteiger partial charge in [-0.3, -0.25) is 0 Å². The van der Waals surface area contributed by atoms with Gasteiger partial charge in [-0.1, -0.05) is 13.8 Å². The molecule has 0 rings (SSSR count). The summed E-state index contributed by atoms with van der Waals surface area (Å²) in [7, 11) is 1.32. The molecule has 0 aliphatic carbocycles. The number of carbonyl (C=O) groups excluding carboxylic acids is 1. The molecule has 0 bridgehead atoms. The van der Waals surface area contributed by atoms with Crippen molar-refractivity contribution in [3.63, 3.8) is 0 Å². The van der Waals surface area contributed by atoms with Crippen molar-refractivity contribution in [1.29, 1.82) is 0 Å². The molecule has 0 aromatic carbocycles. The molecule has 0 saturated carbocycles. The summed E-state index contributed by atoms with van der Waals surface area (Å²) in [6.45, 7) is 4.94. The Hall–Kier alpha value is -0.0126. The molecule has 0 heterocycles. The number of carbonyl (C=O) groups is 1. The standard InChI is InChI=1S/C9H18O4.Li/c1-4-6-12-9(8(10)11-3)13-7-5-2;/h9H,4-7H2,1-3H3;. The molecule has 4 nitrogen and oxygen atoms in total. The minimum Gasteiger partial charge on any atom is -0.465 e. The molecule has 0 aliphatic heterocycles. The summed E-state index contributed by atoms with van der Waals surface area (Å²) >= 11 is 0. The van der Waals surface area contributed by atoms with E-state index in [4.69, 9.17) is 9.47 Å². The second kappa shape index (κ2) is 11.1. The van der Waals surface area contributed by atoms with Gasteiger partial charge in [0.15, 0.2) is 0 Å². The zero-order valence-corrected chi connectivity index (χ0v) is 9.54. The van der Waals surface area contributed by atoms with Crippen molar-refractivity contribution in [2.75, 3.05) is 20.3 Å². The Kier molecular flexibility index (Phi) is 13.0. The van der Waals surface area contributed by atoms with Crippen molar-refractivity contribution in [1.82, 2.24) is 0 Å². The Balaban J connectivity index is 0. The van der Waals surface area contributed by atoms with Crippen molar-refractivity contribution >= 4 is 24.8 Å². The molecule has 0 fully saturated rings. The van der Waals surface area contributed by atoms with Crippen molar-refractivity contribution in [3.8, 4) is 0 Å². The summed E-state index contributed by atoms with van der Waals surface area (Å²) < 4.78 is 14.8. The average molecular weight is 197 g/mol. The molecule has 1 radical (unpaired) electrons. The predicted octanol–water partition coefficient (Wildman–Crippen LogP) is 0.958. The minimum atomic E-state index is -0.857. The van der Waals surface area contributed by atoms with E-state index in [1.165, 1.54) is 7.11 Å². The third-order valence-corrected chi connectivity index (χ3v) is 1.34. The fourth-order valence-electron chi connectivity index (χ4n) is 0.730. The third-order valence-electron chi connectivity index (χ3n) is 1.34. The summed E-state index contributed by atoms with van der Waals surface area (Å²) in [6.07, 6.45) is 0.844. The van der Waals surface area contributed by atoms with Crippen LogP contribution in [0, 0.1) is 0 Å². The topological polar surface area (TPSA) is 44.8 Å². The van der Waals surface area contributed by atoms with E-state index >= 15 is 0 Å². The van der Waals surface area contributed by atoms with Gasteiger partial charge in [-0.2, -0.15) is 0 Å². The number of hydrogen-bond acceptors (Lipinski definition) is 4. The molecule has 0 aromatic heterocycles. The van der Waals surface area contributed by atoms with Gasteiger partial charge in [0, 0.05) is 18.9 Å². The SMILES string of the molecule is CCCOC(OCCC)C(=O)OC.[Li]. The fourth-order valence-corrected chi connectivity index (χ4v) is 0.730. The Morgan fingerprint density at radius 3 is 1.86 bits per heavy atom. The quantitative estimate of drug-likeness (QED) is 0.346. The molecule has 0 atom stereocenters. The van der Waals surface area contributed by atoms with Gasteiger partial charge >= 0.3 is 5.97 Å². The third kappa shape index (κ3) is 7.40. The molecule has 0 aliphatic rings. The van der Waals surface area contributed by atoms with Gasteiger partial charge in [-0.05, 0) is 12.8 Å². The van der Waals surface area contributed by atoms with Crippen molar-refractivity contribution in [2.45, 2.75) is 33.0 Å². The summed E-state index contributed by atoms with van der Waals surface area (Å²) in [4.78, 5) is 11.1. The van der Waals surface area contributed by atoms with Crippen LogP contribution in [0.4, 0.5) is 0 Å². The number of rotatable bonds is 7. The molecule has 0 amide bonds. The van der Waals surface area contributed by atoms with Crippen LogP contribution in [0.1, 0.15) is 26.7 Å². The summed E-state index contributed by atoms with van der Waals surface area (Å²) in [6, 6.07) is 0. The van der Waals surface area contributed by atoms with E-state index in [2.05, 4.69) is 4.74 Å². The smallest absolute Gasteiger partial charge is 0.363 e. The molecule has 0 N–H and O–H groups in total. The van der Waals surface area contributed by atoms with Gasteiger partial charge in [0.05, 0.1) is 20.3 Å². The van der Waals surface area contributed by atoms with Crippen LogP contribution in [0.15, 0.2) is 0 Å². The maximum absolute atomic E-state index is 11.1. The van der Waals surface area contributed by atoms with Crippen LogP contribution < -0.4 is 0 Å².